The fourth-order valence-electron chi connectivity index (χ4n) is 3.70. The van der Waals surface area contributed by atoms with E-state index in [9.17, 15) is 4.79 Å². The first-order valence-electron chi connectivity index (χ1n) is 10.7. The summed E-state index contributed by atoms with van der Waals surface area (Å²) in [6, 6.07) is 11.9. The Morgan fingerprint density at radius 3 is 2.53 bits per heavy atom. The minimum atomic E-state index is -0.164. The SMILES string of the molecule is CCN(CC)c1ccc(Nc2c(C(=O)N(C)C)[nH]n3c(-c4ccccn4)nnc23)c(C)c1. The van der Waals surface area contributed by atoms with Crippen LogP contribution in [0.1, 0.15) is 29.9 Å². The standard InChI is InChI=1S/C23H28N8O/c1-6-30(7-2)16-11-12-17(15(3)14-16)25-19-20(23(32)29(4)5)28-31-21(26-27-22(19)31)18-10-8-9-13-24-18/h8-14,25,28H,6-7H2,1-5H3. The molecule has 3 aromatic heterocycles. The Morgan fingerprint density at radius 1 is 1.12 bits per heavy atom. The number of rotatable bonds is 7. The number of hydrogen-bond acceptors (Lipinski definition) is 6. The fourth-order valence-corrected chi connectivity index (χ4v) is 3.70. The molecule has 0 radical (unpaired) electrons. The lowest BCUT2D eigenvalue weighted by Crippen LogP contribution is -2.23. The van der Waals surface area contributed by atoms with Crippen molar-refractivity contribution >= 4 is 28.6 Å². The Labute approximate surface area is 187 Å². The van der Waals surface area contributed by atoms with Gasteiger partial charge in [0.25, 0.3) is 5.91 Å². The summed E-state index contributed by atoms with van der Waals surface area (Å²) in [5.74, 6) is 0.373. The van der Waals surface area contributed by atoms with Crippen LogP contribution in [0.3, 0.4) is 0 Å². The third-order valence-electron chi connectivity index (χ3n) is 5.47. The number of pyridine rings is 1. The van der Waals surface area contributed by atoms with E-state index in [0.29, 0.717) is 28.5 Å². The van der Waals surface area contributed by atoms with Gasteiger partial charge in [-0.1, -0.05) is 6.07 Å². The van der Waals surface area contributed by atoms with E-state index in [0.717, 1.165) is 24.3 Å². The van der Waals surface area contributed by atoms with Gasteiger partial charge in [0.1, 0.15) is 17.1 Å². The molecular formula is C23H28N8O. The number of benzene rings is 1. The molecule has 4 rings (SSSR count). The van der Waals surface area contributed by atoms with Gasteiger partial charge in [-0.25, -0.2) is 4.52 Å². The summed E-state index contributed by atoms with van der Waals surface area (Å²) in [7, 11) is 3.44. The van der Waals surface area contributed by atoms with Crippen LogP contribution in [-0.2, 0) is 0 Å². The summed E-state index contributed by atoms with van der Waals surface area (Å²) in [6.07, 6.45) is 1.70. The number of aromatic amines is 1. The van der Waals surface area contributed by atoms with Crippen LogP contribution in [0.15, 0.2) is 42.6 Å². The van der Waals surface area contributed by atoms with Gasteiger partial charge in [-0.15, -0.1) is 10.2 Å². The lowest BCUT2D eigenvalue weighted by atomic mass is 10.1. The predicted molar refractivity (Wildman–Crippen MR) is 127 cm³/mol. The second-order valence-corrected chi connectivity index (χ2v) is 7.76. The van der Waals surface area contributed by atoms with E-state index >= 15 is 0 Å². The molecule has 4 aromatic rings. The summed E-state index contributed by atoms with van der Waals surface area (Å²) in [5.41, 5.74) is 5.32. The minimum Gasteiger partial charge on any atom is -0.372 e. The van der Waals surface area contributed by atoms with E-state index in [1.54, 1.807) is 24.8 Å². The highest BCUT2D eigenvalue weighted by Gasteiger charge is 2.24. The number of aryl methyl sites for hydroxylation is 1. The van der Waals surface area contributed by atoms with E-state index in [4.69, 9.17) is 0 Å². The molecule has 32 heavy (non-hydrogen) atoms. The van der Waals surface area contributed by atoms with Crippen molar-refractivity contribution in [1.82, 2.24) is 29.7 Å². The number of carbonyl (C=O) groups is 1. The summed E-state index contributed by atoms with van der Waals surface area (Å²) in [5, 5.41) is 15.3. The third kappa shape index (κ3) is 3.77. The molecule has 3 heterocycles. The predicted octanol–water partition coefficient (Wildman–Crippen LogP) is 3.72. The van der Waals surface area contributed by atoms with Crippen molar-refractivity contribution in [3.8, 4) is 11.5 Å². The molecule has 0 bridgehead atoms. The molecule has 0 aliphatic carbocycles. The second-order valence-electron chi connectivity index (χ2n) is 7.76. The van der Waals surface area contributed by atoms with Crippen molar-refractivity contribution in [2.75, 3.05) is 37.4 Å². The smallest absolute Gasteiger partial charge is 0.273 e. The van der Waals surface area contributed by atoms with Gasteiger partial charge in [-0.05, 0) is 56.7 Å². The Balaban J connectivity index is 1.80. The largest absolute Gasteiger partial charge is 0.372 e. The maximum absolute atomic E-state index is 12.9. The molecule has 0 atom stereocenters. The lowest BCUT2D eigenvalue weighted by molar-refractivity contribution is 0.0822. The molecule has 0 unspecified atom stereocenters. The zero-order valence-electron chi connectivity index (χ0n) is 19.0. The molecule has 0 spiro atoms. The van der Waals surface area contributed by atoms with E-state index in [1.165, 1.54) is 10.6 Å². The average molecular weight is 433 g/mol. The molecule has 1 amide bonds. The normalized spacial score (nSPS) is 11.0. The Hall–Kier alpha value is -3.88. The number of nitrogens with one attached hydrogen (secondary N) is 2. The molecular weight excluding hydrogens is 404 g/mol. The van der Waals surface area contributed by atoms with Crippen LogP contribution in [0.25, 0.3) is 17.2 Å². The Morgan fingerprint density at radius 2 is 1.91 bits per heavy atom. The number of H-pyrrole nitrogens is 1. The van der Waals surface area contributed by atoms with Crippen LogP contribution in [0.5, 0.6) is 0 Å². The Bertz CT molecular complexity index is 1240. The zero-order chi connectivity index (χ0) is 22.8. The van der Waals surface area contributed by atoms with Gasteiger partial charge < -0.3 is 15.1 Å². The first-order valence-corrected chi connectivity index (χ1v) is 10.7. The molecule has 0 fully saturated rings. The number of carbonyl (C=O) groups excluding carboxylic acids is 1. The van der Waals surface area contributed by atoms with Gasteiger partial charge in [0.05, 0.1) is 0 Å². The Kier molecular flexibility index (Phi) is 5.81. The maximum Gasteiger partial charge on any atom is 0.273 e. The van der Waals surface area contributed by atoms with Crippen LogP contribution < -0.4 is 10.2 Å². The lowest BCUT2D eigenvalue weighted by Gasteiger charge is -2.22. The van der Waals surface area contributed by atoms with Crippen LogP contribution >= 0.6 is 0 Å². The van der Waals surface area contributed by atoms with Crippen molar-refractivity contribution in [1.29, 1.82) is 0 Å². The number of fused-ring (bicyclic) bond motifs is 1. The summed E-state index contributed by atoms with van der Waals surface area (Å²) in [4.78, 5) is 21.1. The molecule has 1 aromatic carbocycles. The van der Waals surface area contributed by atoms with E-state index in [1.807, 2.05) is 24.3 Å². The second kappa shape index (κ2) is 8.70. The molecule has 9 heteroatoms. The van der Waals surface area contributed by atoms with Crippen molar-refractivity contribution in [3.63, 3.8) is 0 Å². The average Bonchev–Trinajstić information content (AvgIpc) is 3.36. The van der Waals surface area contributed by atoms with Gasteiger partial charge in [0.15, 0.2) is 0 Å². The van der Waals surface area contributed by atoms with Crippen LogP contribution in [0, 0.1) is 6.92 Å². The number of aromatic nitrogens is 5. The first kappa shape index (κ1) is 21.4. The monoisotopic (exact) mass is 432 g/mol. The van der Waals surface area contributed by atoms with Crippen LogP contribution in [0.4, 0.5) is 17.1 Å². The molecule has 0 saturated carbocycles. The topological polar surface area (TPSA) is 94.5 Å². The summed E-state index contributed by atoms with van der Waals surface area (Å²) >= 11 is 0. The molecule has 2 N–H and O–H groups in total. The number of nitrogens with zero attached hydrogens (tertiary/aromatic N) is 6. The van der Waals surface area contributed by atoms with Crippen LogP contribution in [0.2, 0.25) is 0 Å². The van der Waals surface area contributed by atoms with E-state index in [-0.39, 0.29) is 5.91 Å². The molecule has 9 nitrogen and oxygen atoms in total. The zero-order valence-corrected chi connectivity index (χ0v) is 19.0. The molecule has 0 aliphatic rings. The van der Waals surface area contributed by atoms with Crippen LogP contribution in [-0.4, -0.2) is 62.8 Å². The van der Waals surface area contributed by atoms with E-state index in [2.05, 4.69) is 63.4 Å². The molecule has 0 saturated heterocycles. The number of amides is 1. The first-order chi connectivity index (χ1) is 15.4. The number of hydrogen-bond donors (Lipinski definition) is 2. The van der Waals surface area contributed by atoms with Gasteiger partial charge in [0.2, 0.25) is 11.5 Å². The van der Waals surface area contributed by atoms with Gasteiger partial charge >= 0.3 is 0 Å². The summed E-state index contributed by atoms with van der Waals surface area (Å²) in [6.45, 7) is 8.23. The fraction of sp³-hybridized carbons (Fsp3) is 0.304. The maximum atomic E-state index is 12.9. The molecule has 0 aliphatic heterocycles. The quantitative estimate of drug-likeness (QED) is 0.462. The van der Waals surface area contributed by atoms with E-state index < -0.39 is 0 Å². The minimum absolute atomic E-state index is 0.164. The third-order valence-corrected chi connectivity index (χ3v) is 5.47. The highest BCUT2D eigenvalue weighted by Crippen LogP contribution is 2.31. The van der Waals surface area contributed by atoms with Crippen molar-refractivity contribution in [2.45, 2.75) is 20.8 Å². The highest BCUT2D eigenvalue weighted by molar-refractivity contribution is 6.02. The summed E-state index contributed by atoms with van der Waals surface area (Å²) < 4.78 is 1.70. The van der Waals surface area contributed by atoms with Gasteiger partial charge in [-0.3, -0.25) is 14.9 Å². The van der Waals surface area contributed by atoms with Gasteiger partial charge in [0, 0.05) is 44.8 Å². The number of anilines is 3. The highest BCUT2D eigenvalue weighted by atomic mass is 16.2. The van der Waals surface area contributed by atoms with Crippen molar-refractivity contribution in [3.05, 3.63) is 53.9 Å². The van der Waals surface area contributed by atoms with Crippen molar-refractivity contribution in [2.24, 2.45) is 0 Å². The van der Waals surface area contributed by atoms with Crippen molar-refractivity contribution < 1.29 is 4.79 Å². The van der Waals surface area contributed by atoms with Gasteiger partial charge in [-0.2, -0.15) is 0 Å². The molecule has 166 valence electrons.